The molecule has 0 bridgehead atoms. The number of piperazine rings is 1. The maximum atomic E-state index is 4.32. The number of aromatic amines is 1. The number of aryl methyl sites for hydroxylation is 2. The molecule has 20 heavy (non-hydrogen) atoms. The first-order chi connectivity index (χ1) is 9.70. The fraction of sp³-hybridized carbons (Fsp3) is 0.438. The molecular weight excluding hydrogens is 248 g/mol. The third-order valence-electron chi connectivity index (χ3n) is 3.92. The molecule has 0 aliphatic carbocycles. The molecule has 1 aromatic heterocycles. The van der Waals surface area contributed by atoms with Crippen LogP contribution in [-0.2, 0) is 6.54 Å². The third-order valence-corrected chi connectivity index (χ3v) is 3.92. The van der Waals surface area contributed by atoms with Crippen molar-refractivity contribution in [3.05, 3.63) is 47.3 Å². The van der Waals surface area contributed by atoms with Crippen molar-refractivity contribution in [3.63, 3.8) is 0 Å². The van der Waals surface area contributed by atoms with Gasteiger partial charge in [-0.2, -0.15) is 5.10 Å². The van der Waals surface area contributed by atoms with Crippen molar-refractivity contribution < 1.29 is 0 Å². The number of aromatic nitrogens is 2. The second-order valence-corrected chi connectivity index (χ2v) is 5.64. The van der Waals surface area contributed by atoms with Crippen LogP contribution in [0.5, 0.6) is 0 Å². The number of H-pyrrole nitrogens is 1. The van der Waals surface area contributed by atoms with E-state index in [1.807, 2.05) is 6.92 Å². The largest absolute Gasteiger partial charge is 0.369 e. The summed E-state index contributed by atoms with van der Waals surface area (Å²) in [6.45, 7) is 9.50. The summed E-state index contributed by atoms with van der Waals surface area (Å²) in [7, 11) is 0. The van der Waals surface area contributed by atoms with Gasteiger partial charge in [0.1, 0.15) is 0 Å². The van der Waals surface area contributed by atoms with Gasteiger partial charge in [0, 0.05) is 44.1 Å². The lowest BCUT2D eigenvalue weighted by atomic mass is 10.2. The summed E-state index contributed by atoms with van der Waals surface area (Å²) in [5.41, 5.74) is 4.94. The van der Waals surface area contributed by atoms with E-state index in [0.717, 1.165) is 44.1 Å². The Labute approximate surface area is 120 Å². The van der Waals surface area contributed by atoms with Crippen molar-refractivity contribution in [2.75, 3.05) is 31.1 Å². The van der Waals surface area contributed by atoms with Crippen LogP contribution in [0.3, 0.4) is 0 Å². The Morgan fingerprint density at radius 1 is 1.05 bits per heavy atom. The molecule has 0 radical (unpaired) electrons. The summed E-state index contributed by atoms with van der Waals surface area (Å²) in [6.07, 6.45) is 0. The van der Waals surface area contributed by atoms with Gasteiger partial charge in [0.15, 0.2) is 0 Å². The van der Waals surface area contributed by atoms with Crippen molar-refractivity contribution in [1.82, 2.24) is 15.1 Å². The average Bonchev–Trinajstić information content (AvgIpc) is 2.86. The lowest BCUT2D eigenvalue weighted by Gasteiger charge is -2.35. The number of nitrogens with zero attached hydrogens (tertiary/aromatic N) is 3. The normalized spacial score (nSPS) is 16.6. The fourth-order valence-electron chi connectivity index (χ4n) is 2.70. The summed E-state index contributed by atoms with van der Waals surface area (Å²) in [6, 6.07) is 11.0. The Bertz CT molecular complexity index is 550. The third kappa shape index (κ3) is 3.02. The Kier molecular flexibility index (Phi) is 3.74. The minimum Gasteiger partial charge on any atom is -0.369 e. The van der Waals surface area contributed by atoms with Gasteiger partial charge in [0.05, 0.1) is 5.69 Å². The second-order valence-electron chi connectivity index (χ2n) is 5.64. The Morgan fingerprint density at radius 2 is 1.75 bits per heavy atom. The minimum atomic E-state index is 0.950. The van der Waals surface area contributed by atoms with Crippen LogP contribution in [0.25, 0.3) is 0 Å². The van der Waals surface area contributed by atoms with E-state index >= 15 is 0 Å². The quantitative estimate of drug-likeness (QED) is 0.930. The summed E-state index contributed by atoms with van der Waals surface area (Å²) in [5, 5.41) is 7.33. The molecule has 1 saturated heterocycles. The standard InChI is InChI=1S/C16H22N4/c1-13-3-5-16(6-4-13)20-9-7-19(8-10-20)12-15-11-14(2)17-18-15/h3-6,11H,7-10,12H2,1-2H3,(H,17,18). The fourth-order valence-corrected chi connectivity index (χ4v) is 2.70. The van der Waals surface area contributed by atoms with E-state index in [9.17, 15) is 0 Å². The monoisotopic (exact) mass is 270 g/mol. The number of rotatable bonds is 3. The van der Waals surface area contributed by atoms with Gasteiger partial charge in [-0.3, -0.25) is 10.00 Å². The molecule has 1 fully saturated rings. The van der Waals surface area contributed by atoms with Gasteiger partial charge >= 0.3 is 0 Å². The summed E-state index contributed by atoms with van der Waals surface area (Å²) in [4.78, 5) is 4.94. The Balaban J connectivity index is 1.55. The summed E-state index contributed by atoms with van der Waals surface area (Å²) < 4.78 is 0. The molecule has 106 valence electrons. The van der Waals surface area contributed by atoms with Gasteiger partial charge in [-0.25, -0.2) is 0 Å². The van der Waals surface area contributed by atoms with Crippen LogP contribution in [0.2, 0.25) is 0 Å². The molecule has 4 nitrogen and oxygen atoms in total. The smallest absolute Gasteiger partial charge is 0.0765 e. The first kappa shape index (κ1) is 13.2. The van der Waals surface area contributed by atoms with Gasteiger partial charge < -0.3 is 4.90 Å². The molecule has 3 rings (SSSR count). The van der Waals surface area contributed by atoms with Crippen LogP contribution in [-0.4, -0.2) is 41.3 Å². The lowest BCUT2D eigenvalue weighted by Crippen LogP contribution is -2.46. The highest BCUT2D eigenvalue weighted by Crippen LogP contribution is 2.17. The molecule has 0 atom stereocenters. The highest BCUT2D eigenvalue weighted by Gasteiger charge is 2.17. The van der Waals surface area contributed by atoms with Crippen LogP contribution < -0.4 is 4.90 Å². The number of benzene rings is 1. The van der Waals surface area contributed by atoms with Crippen molar-refractivity contribution in [1.29, 1.82) is 0 Å². The zero-order valence-electron chi connectivity index (χ0n) is 12.3. The minimum absolute atomic E-state index is 0.950. The second kappa shape index (κ2) is 5.67. The first-order valence-electron chi connectivity index (χ1n) is 7.25. The van der Waals surface area contributed by atoms with Crippen molar-refractivity contribution in [2.24, 2.45) is 0 Å². The van der Waals surface area contributed by atoms with Crippen LogP contribution in [0.1, 0.15) is 17.0 Å². The van der Waals surface area contributed by atoms with Crippen LogP contribution in [0.15, 0.2) is 30.3 Å². The number of nitrogens with one attached hydrogen (secondary N) is 1. The van der Waals surface area contributed by atoms with Crippen molar-refractivity contribution >= 4 is 5.69 Å². The van der Waals surface area contributed by atoms with Crippen LogP contribution in [0.4, 0.5) is 5.69 Å². The Hall–Kier alpha value is -1.81. The molecule has 1 aliphatic heterocycles. The molecule has 2 heterocycles. The van der Waals surface area contributed by atoms with Gasteiger partial charge in [-0.15, -0.1) is 0 Å². The molecule has 1 aromatic carbocycles. The molecule has 0 amide bonds. The topological polar surface area (TPSA) is 35.2 Å². The molecule has 4 heteroatoms. The molecule has 1 N–H and O–H groups in total. The maximum Gasteiger partial charge on any atom is 0.0765 e. The SMILES string of the molecule is Cc1ccc(N2CCN(Cc3cc(C)[nH]n3)CC2)cc1. The maximum absolute atomic E-state index is 4.32. The zero-order chi connectivity index (χ0) is 13.9. The van der Waals surface area contributed by atoms with Gasteiger partial charge in [0.2, 0.25) is 0 Å². The van der Waals surface area contributed by atoms with Gasteiger partial charge in [-0.1, -0.05) is 17.7 Å². The van der Waals surface area contributed by atoms with Crippen molar-refractivity contribution in [2.45, 2.75) is 20.4 Å². The van der Waals surface area contributed by atoms with E-state index in [1.54, 1.807) is 0 Å². The molecule has 2 aromatic rings. The Morgan fingerprint density at radius 3 is 2.35 bits per heavy atom. The molecule has 0 spiro atoms. The molecule has 0 unspecified atom stereocenters. The average molecular weight is 270 g/mol. The predicted octanol–water partition coefficient (Wildman–Crippen LogP) is 2.35. The van der Waals surface area contributed by atoms with Gasteiger partial charge in [0.25, 0.3) is 0 Å². The van der Waals surface area contributed by atoms with E-state index < -0.39 is 0 Å². The van der Waals surface area contributed by atoms with Crippen LogP contribution in [0, 0.1) is 13.8 Å². The number of hydrogen-bond donors (Lipinski definition) is 1. The lowest BCUT2D eigenvalue weighted by molar-refractivity contribution is 0.247. The highest BCUT2D eigenvalue weighted by atomic mass is 15.3. The van der Waals surface area contributed by atoms with E-state index in [-0.39, 0.29) is 0 Å². The number of hydrogen-bond acceptors (Lipinski definition) is 3. The highest BCUT2D eigenvalue weighted by molar-refractivity contribution is 5.47. The summed E-state index contributed by atoms with van der Waals surface area (Å²) in [5.74, 6) is 0. The number of anilines is 1. The predicted molar refractivity (Wildman–Crippen MR) is 82.0 cm³/mol. The molecular formula is C16H22N4. The van der Waals surface area contributed by atoms with E-state index in [4.69, 9.17) is 0 Å². The first-order valence-corrected chi connectivity index (χ1v) is 7.25. The molecule has 0 saturated carbocycles. The van der Waals surface area contributed by atoms with Crippen LogP contribution >= 0.6 is 0 Å². The summed E-state index contributed by atoms with van der Waals surface area (Å²) >= 11 is 0. The molecule has 1 aliphatic rings. The van der Waals surface area contributed by atoms with E-state index in [1.165, 1.54) is 11.3 Å². The van der Waals surface area contributed by atoms with E-state index in [2.05, 4.69) is 57.3 Å². The zero-order valence-corrected chi connectivity index (χ0v) is 12.3. The van der Waals surface area contributed by atoms with Crippen molar-refractivity contribution in [3.8, 4) is 0 Å². The van der Waals surface area contributed by atoms with E-state index in [0.29, 0.717) is 0 Å². The van der Waals surface area contributed by atoms with Gasteiger partial charge in [-0.05, 0) is 32.0 Å².